The molecule has 14 heavy (non-hydrogen) atoms. The summed E-state index contributed by atoms with van der Waals surface area (Å²) >= 11 is 31.1. The van der Waals surface area contributed by atoms with Crippen LogP contribution in [0.25, 0.3) is 0 Å². The van der Waals surface area contributed by atoms with Crippen molar-refractivity contribution in [1.29, 1.82) is 0 Å². The summed E-state index contributed by atoms with van der Waals surface area (Å²) in [5.41, 5.74) is 0. The molecule has 0 atom stereocenters. The third kappa shape index (κ3) is 7.28. The molecule has 0 aliphatic heterocycles. The highest BCUT2D eigenvalue weighted by molar-refractivity contribution is 6.56. The van der Waals surface area contributed by atoms with E-state index >= 15 is 0 Å². The zero-order chi connectivity index (χ0) is 13.0. The Morgan fingerprint density at radius 3 is 1.29 bits per heavy atom. The Kier molecular flexibility index (Phi) is 6.66. The molecule has 0 fully saturated rings. The first-order chi connectivity index (χ1) is 7.05. The molecule has 0 radical (unpaired) electrons. The average Bonchev–Trinajstić information content (AvgIpc) is 2.08. The minimum Gasteiger partial charge on any atom is -0.102 e. The minimum atomic E-state index is -2.17. The van der Waals surface area contributed by atoms with Gasteiger partial charge in [-0.2, -0.15) is 0 Å². The van der Waals surface area contributed by atoms with Gasteiger partial charge in [0, 0.05) is 0 Å². The molecule has 0 aliphatic rings. The van der Waals surface area contributed by atoms with E-state index in [0.717, 1.165) is 0 Å². The predicted octanol–water partition coefficient (Wildman–Crippen LogP) is 5.59. The number of hydrogen-bond donors (Lipinski definition) is 0. The Bertz CT molecular complexity index is 297. The first kappa shape index (κ1) is 11.4. The van der Waals surface area contributed by atoms with E-state index in [-0.39, 0.29) is 0 Å². The largest absolute Gasteiger partial charge is 0.137 e. The molecular weight excluding hydrogens is 309 g/mol. The Balaban J connectivity index is 0.000000281. The highest BCUT2D eigenvalue weighted by Gasteiger charge is 2.06. The molecule has 0 aliphatic carbocycles. The fourth-order valence-electron chi connectivity index (χ4n) is 0.439. The molecule has 0 saturated heterocycles. The van der Waals surface area contributed by atoms with Crippen molar-refractivity contribution in [3.63, 3.8) is 0 Å². The number of halogens is 6. The summed E-state index contributed by atoms with van der Waals surface area (Å²) in [7, 11) is 0. The lowest BCUT2D eigenvalue weighted by atomic mass is 10.4. The van der Waals surface area contributed by atoms with Crippen LogP contribution in [0.2, 0.25) is 10.0 Å². The van der Waals surface area contributed by atoms with Crippen LogP contribution in [0.5, 0.6) is 0 Å². The SMILES string of the molecule is Clc1ccccc1Cl.[2H]C(Cl)(Cl)C([2H])(Cl)Cl. The summed E-state index contributed by atoms with van der Waals surface area (Å²) in [6, 6.07) is 7.19. The van der Waals surface area contributed by atoms with Gasteiger partial charge in [-0.1, -0.05) is 35.3 Å². The summed E-state index contributed by atoms with van der Waals surface area (Å²) in [4.78, 5) is -4.34. The van der Waals surface area contributed by atoms with Crippen LogP contribution in [0.4, 0.5) is 0 Å². The quantitative estimate of drug-likeness (QED) is 0.593. The van der Waals surface area contributed by atoms with Crippen molar-refractivity contribution in [2.75, 3.05) is 0 Å². The Morgan fingerprint density at radius 1 is 0.857 bits per heavy atom. The van der Waals surface area contributed by atoms with Crippen LogP contribution in [-0.2, 0) is 0 Å². The third-order valence-corrected chi connectivity index (χ3v) is 2.87. The Hall–Kier alpha value is 0.960. The smallest absolute Gasteiger partial charge is 0.102 e. The summed E-state index contributed by atoms with van der Waals surface area (Å²) in [6.45, 7) is 0. The van der Waals surface area contributed by atoms with Gasteiger partial charge in [0.05, 0.1) is 12.8 Å². The van der Waals surface area contributed by atoms with E-state index in [0.29, 0.717) is 10.0 Å². The highest BCUT2D eigenvalue weighted by Crippen LogP contribution is 2.19. The van der Waals surface area contributed by atoms with Crippen LogP contribution >= 0.6 is 69.6 Å². The molecule has 0 amide bonds. The van der Waals surface area contributed by atoms with Crippen molar-refractivity contribution in [3.8, 4) is 0 Å². The summed E-state index contributed by atoms with van der Waals surface area (Å²) in [6.07, 6.45) is 0. The van der Waals surface area contributed by atoms with E-state index in [1.165, 1.54) is 0 Å². The van der Waals surface area contributed by atoms with Gasteiger partial charge < -0.3 is 0 Å². The van der Waals surface area contributed by atoms with E-state index in [4.69, 9.17) is 72.3 Å². The van der Waals surface area contributed by atoms with Crippen LogP contribution in [0.1, 0.15) is 2.74 Å². The second kappa shape index (κ2) is 8.15. The summed E-state index contributed by atoms with van der Waals surface area (Å²) in [5, 5.41) is 1.21. The van der Waals surface area contributed by atoms with Gasteiger partial charge in [-0.05, 0) is 12.1 Å². The Morgan fingerprint density at radius 2 is 1.14 bits per heavy atom. The lowest BCUT2D eigenvalue weighted by Gasteiger charge is -1.95. The van der Waals surface area contributed by atoms with E-state index in [2.05, 4.69) is 0 Å². The third-order valence-electron chi connectivity index (χ3n) is 0.967. The monoisotopic (exact) mass is 314 g/mol. The minimum absolute atomic E-state index is 0.606. The molecule has 0 nitrogen and oxygen atoms in total. The van der Waals surface area contributed by atoms with E-state index in [1.54, 1.807) is 12.1 Å². The van der Waals surface area contributed by atoms with Gasteiger partial charge in [0.25, 0.3) is 0 Å². The van der Waals surface area contributed by atoms with Crippen LogP contribution in [0, 0.1) is 0 Å². The number of benzene rings is 1. The van der Waals surface area contributed by atoms with Crippen molar-refractivity contribution in [3.05, 3.63) is 34.3 Å². The van der Waals surface area contributed by atoms with E-state index < -0.39 is 9.62 Å². The normalized spacial score (nSPS) is 13.6. The topological polar surface area (TPSA) is 0 Å². The molecule has 1 aromatic carbocycles. The van der Waals surface area contributed by atoms with Gasteiger partial charge in [-0.3, -0.25) is 0 Å². The lowest BCUT2D eigenvalue weighted by Crippen LogP contribution is -1.96. The Labute approximate surface area is 116 Å². The number of rotatable bonds is 1. The zero-order valence-corrected chi connectivity index (χ0v) is 11.1. The first-order valence-electron chi connectivity index (χ1n) is 4.21. The molecule has 6 heteroatoms. The maximum atomic E-state index is 6.66. The van der Waals surface area contributed by atoms with Gasteiger partial charge in [0.15, 0.2) is 0 Å². The van der Waals surface area contributed by atoms with Crippen LogP contribution < -0.4 is 0 Å². The van der Waals surface area contributed by atoms with Gasteiger partial charge in [-0.25, -0.2) is 0 Å². The summed E-state index contributed by atoms with van der Waals surface area (Å²) in [5.74, 6) is 0. The summed E-state index contributed by atoms with van der Waals surface area (Å²) < 4.78 is 13.3. The molecule has 0 aromatic heterocycles. The molecule has 80 valence electrons. The lowest BCUT2D eigenvalue weighted by molar-refractivity contribution is 1.29. The molecule has 0 unspecified atom stereocenters. The van der Waals surface area contributed by atoms with Crippen molar-refractivity contribution < 1.29 is 2.74 Å². The molecule has 0 bridgehead atoms. The van der Waals surface area contributed by atoms with Crippen molar-refractivity contribution in [2.24, 2.45) is 0 Å². The van der Waals surface area contributed by atoms with Crippen LogP contribution in [0.3, 0.4) is 0 Å². The molecule has 1 rings (SSSR count). The maximum Gasteiger partial charge on any atom is 0.137 e. The fourth-order valence-corrected chi connectivity index (χ4v) is 0.711. The van der Waals surface area contributed by atoms with E-state index in [9.17, 15) is 0 Å². The molecule has 0 N–H and O–H groups in total. The van der Waals surface area contributed by atoms with Crippen molar-refractivity contribution in [2.45, 2.75) is 9.62 Å². The molecule has 0 spiro atoms. The van der Waals surface area contributed by atoms with Gasteiger partial charge in [-0.15, -0.1) is 46.4 Å². The van der Waals surface area contributed by atoms with Gasteiger partial charge >= 0.3 is 0 Å². The van der Waals surface area contributed by atoms with E-state index in [1.807, 2.05) is 12.1 Å². The maximum absolute atomic E-state index is 6.66. The standard InChI is InChI=1S/C6H4Cl2.C2H2Cl4/c7-5-3-1-2-4-6(5)8;3-1(4)2(5)6/h1-4H;1-2H/i;1D,2D. The molecular formula is C8H6Cl6. The molecule has 1 aromatic rings. The number of alkyl halides is 4. The van der Waals surface area contributed by atoms with Gasteiger partial charge in [0.1, 0.15) is 9.62 Å². The van der Waals surface area contributed by atoms with Crippen molar-refractivity contribution in [1.82, 2.24) is 0 Å². The second-order valence-electron chi connectivity index (χ2n) is 1.93. The van der Waals surface area contributed by atoms with Crippen molar-refractivity contribution >= 4 is 69.6 Å². The van der Waals surface area contributed by atoms with Crippen LogP contribution in [0.15, 0.2) is 24.3 Å². The molecule has 0 heterocycles. The predicted molar refractivity (Wildman–Crippen MR) is 67.5 cm³/mol. The fraction of sp³-hybridized carbons (Fsp3) is 0.250. The first-order valence-corrected chi connectivity index (χ1v) is 5.48. The number of hydrogen-bond acceptors (Lipinski definition) is 0. The second-order valence-corrected chi connectivity index (χ2v) is 4.65. The highest BCUT2D eigenvalue weighted by atomic mass is 35.5. The average molecular weight is 317 g/mol. The zero-order valence-electron chi connectivity index (χ0n) is 8.58. The van der Waals surface area contributed by atoms with Crippen LogP contribution in [-0.4, -0.2) is 9.62 Å². The van der Waals surface area contributed by atoms with Gasteiger partial charge in [0.2, 0.25) is 0 Å². The molecule has 0 saturated carbocycles.